The van der Waals surface area contributed by atoms with E-state index in [2.05, 4.69) is 5.10 Å². The molecule has 0 spiro atoms. The molecule has 16 heavy (non-hydrogen) atoms. The molecule has 0 aliphatic rings. The molecule has 1 unspecified atom stereocenters. The third-order valence-electron chi connectivity index (χ3n) is 3.25. The molecule has 0 radical (unpaired) electrons. The molecule has 1 aromatic heterocycles. The van der Waals surface area contributed by atoms with Gasteiger partial charge in [-0.05, 0) is 27.9 Å². The smallest absolute Gasteiger partial charge is 0.162 e. The number of aromatic nitrogens is 2. The Balaban J connectivity index is 3.13. The zero-order chi connectivity index (χ0) is 12.5. The molecule has 1 aromatic rings. The van der Waals surface area contributed by atoms with E-state index in [1.807, 2.05) is 32.8 Å². The van der Waals surface area contributed by atoms with E-state index < -0.39 is 6.10 Å². The van der Waals surface area contributed by atoms with Gasteiger partial charge >= 0.3 is 0 Å². The highest BCUT2D eigenvalue weighted by Gasteiger charge is 2.35. The largest absolute Gasteiger partial charge is 0.493 e. The maximum absolute atomic E-state index is 10.4. The van der Waals surface area contributed by atoms with Crippen molar-refractivity contribution in [3.63, 3.8) is 0 Å². The molecule has 92 valence electrons. The predicted octanol–water partition coefficient (Wildman–Crippen LogP) is 0.802. The lowest BCUT2D eigenvalue weighted by atomic mass is 9.93. The van der Waals surface area contributed by atoms with Gasteiger partial charge in [0, 0.05) is 12.6 Å². The Bertz CT molecular complexity index is 358. The van der Waals surface area contributed by atoms with E-state index in [-0.39, 0.29) is 5.54 Å². The van der Waals surface area contributed by atoms with Crippen LogP contribution in [-0.2, 0) is 7.05 Å². The van der Waals surface area contributed by atoms with E-state index in [1.54, 1.807) is 25.0 Å². The number of methoxy groups -OCH3 is 1. The van der Waals surface area contributed by atoms with Gasteiger partial charge in [0.25, 0.3) is 0 Å². The normalized spacial score (nSPS) is 14.2. The average molecular weight is 227 g/mol. The van der Waals surface area contributed by atoms with E-state index >= 15 is 0 Å². The van der Waals surface area contributed by atoms with Crippen molar-refractivity contribution in [1.82, 2.24) is 14.7 Å². The summed E-state index contributed by atoms with van der Waals surface area (Å²) in [6.07, 6.45) is 0.953. The minimum absolute atomic E-state index is 0.388. The lowest BCUT2D eigenvalue weighted by Gasteiger charge is -2.37. The van der Waals surface area contributed by atoms with Crippen molar-refractivity contribution in [2.24, 2.45) is 7.05 Å². The Morgan fingerprint density at radius 2 is 2.06 bits per heavy atom. The van der Waals surface area contributed by atoms with Crippen LogP contribution < -0.4 is 4.74 Å². The first-order valence-corrected chi connectivity index (χ1v) is 5.23. The molecule has 0 saturated heterocycles. The lowest BCUT2D eigenvalue weighted by Crippen LogP contribution is -2.44. The molecule has 0 fully saturated rings. The molecule has 0 aliphatic heterocycles. The minimum Gasteiger partial charge on any atom is -0.493 e. The van der Waals surface area contributed by atoms with Crippen molar-refractivity contribution >= 4 is 0 Å². The van der Waals surface area contributed by atoms with Gasteiger partial charge in [-0.1, -0.05) is 0 Å². The highest BCUT2D eigenvalue weighted by atomic mass is 16.5. The number of hydrogen-bond acceptors (Lipinski definition) is 4. The summed E-state index contributed by atoms with van der Waals surface area (Å²) in [4.78, 5) is 1.98. The van der Waals surface area contributed by atoms with Crippen molar-refractivity contribution < 1.29 is 9.84 Å². The molecular formula is C11H21N3O2. The summed E-state index contributed by atoms with van der Waals surface area (Å²) in [5.74, 6) is 0.616. The van der Waals surface area contributed by atoms with Crippen LogP contribution in [-0.4, -0.2) is 46.5 Å². The summed E-state index contributed by atoms with van der Waals surface area (Å²) in [6, 6.07) is 0. The number of aliphatic hydroxyl groups excluding tert-OH is 1. The second-order valence-corrected chi connectivity index (χ2v) is 4.67. The Kier molecular flexibility index (Phi) is 3.60. The number of nitrogens with zero attached hydrogens (tertiary/aromatic N) is 3. The molecule has 0 bridgehead atoms. The van der Waals surface area contributed by atoms with E-state index in [0.29, 0.717) is 11.4 Å². The quantitative estimate of drug-likeness (QED) is 0.826. The van der Waals surface area contributed by atoms with Crippen LogP contribution in [0.3, 0.4) is 0 Å². The van der Waals surface area contributed by atoms with Crippen molar-refractivity contribution in [3.05, 3.63) is 11.9 Å². The number of ether oxygens (including phenoxy) is 1. The number of hydrogen-bond donors (Lipinski definition) is 1. The molecule has 5 nitrogen and oxygen atoms in total. The van der Waals surface area contributed by atoms with Gasteiger partial charge in [-0.15, -0.1) is 0 Å². The predicted molar refractivity (Wildman–Crippen MR) is 62.5 cm³/mol. The van der Waals surface area contributed by atoms with Gasteiger partial charge in [-0.2, -0.15) is 5.10 Å². The summed E-state index contributed by atoms with van der Waals surface area (Å²) < 4.78 is 6.85. The Hall–Kier alpha value is -1.07. The van der Waals surface area contributed by atoms with E-state index in [9.17, 15) is 5.11 Å². The highest BCUT2D eigenvalue weighted by Crippen LogP contribution is 2.34. The third kappa shape index (κ3) is 2.05. The van der Waals surface area contributed by atoms with Gasteiger partial charge in [0.05, 0.1) is 13.3 Å². The van der Waals surface area contributed by atoms with Crippen molar-refractivity contribution in [1.29, 1.82) is 0 Å². The highest BCUT2D eigenvalue weighted by molar-refractivity contribution is 5.29. The molecule has 1 N–H and O–H groups in total. The second-order valence-electron chi connectivity index (χ2n) is 4.67. The van der Waals surface area contributed by atoms with Gasteiger partial charge in [0.15, 0.2) is 5.75 Å². The summed E-state index contributed by atoms with van der Waals surface area (Å²) in [6.45, 7) is 3.95. The van der Waals surface area contributed by atoms with E-state index in [0.717, 1.165) is 0 Å². The molecule has 1 heterocycles. The van der Waals surface area contributed by atoms with Crippen LogP contribution in [0.25, 0.3) is 0 Å². The van der Waals surface area contributed by atoms with Crippen molar-refractivity contribution in [2.45, 2.75) is 25.5 Å². The molecule has 0 aliphatic carbocycles. The summed E-state index contributed by atoms with van der Waals surface area (Å²) in [5, 5.41) is 14.5. The monoisotopic (exact) mass is 227 g/mol. The first-order chi connectivity index (χ1) is 7.32. The standard InChI is InChI=1S/C11H21N3O2/c1-11(2,13(3)4)10(15)9-8(16-6)7-12-14(9)5/h7,10,15H,1-6H3. The van der Waals surface area contributed by atoms with Crippen LogP contribution in [0.1, 0.15) is 25.6 Å². The molecule has 1 atom stereocenters. The number of aliphatic hydroxyl groups is 1. The lowest BCUT2D eigenvalue weighted by molar-refractivity contribution is 0.00982. The Morgan fingerprint density at radius 3 is 2.50 bits per heavy atom. The summed E-state index contributed by atoms with van der Waals surface area (Å²) in [5.41, 5.74) is 0.308. The first-order valence-electron chi connectivity index (χ1n) is 5.23. The molecule has 0 amide bonds. The molecule has 0 aromatic carbocycles. The summed E-state index contributed by atoms with van der Waals surface area (Å²) >= 11 is 0. The molecule has 0 saturated carbocycles. The van der Waals surface area contributed by atoms with Crippen LogP contribution in [0, 0.1) is 0 Å². The Morgan fingerprint density at radius 1 is 1.50 bits per heavy atom. The fourth-order valence-corrected chi connectivity index (χ4v) is 1.47. The van der Waals surface area contributed by atoms with Gasteiger partial charge in [0.2, 0.25) is 0 Å². The number of rotatable bonds is 4. The van der Waals surface area contributed by atoms with Gasteiger partial charge in [-0.25, -0.2) is 0 Å². The van der Waals surface area contributed by atoms with Gasteiger partial charge in [-0.3, -0.25) is 4.68 Å². The molecule has 1 rings (SSSR count). The van der Waals surface area contributed by atoms with Crippen LogP contribution >= 0.6 is 0 Å². The van der Waals surface area contributed by atoms with Gasteiger partial charge in [0.1, 0.15) is 11.8 Å². The number of aryl methyl sites for hydroxylation is 1. The molecular weight excluding hydrogens is 206 g/mol. The van der Waals surface area contributed by atoms with Crippen molar-refractivity contribution in [3.8, 4) is 5.75 Å². The molecule has 5 heteroatoms. The number of likely N-dealkylation sites (N-methyl/N-ethyl adjacent to an activating group) is 1. The topological polar surface area (TPSA) is 50.5 Å². The van der Waals surface area contributed by atoms with Crippen LogP contribution in [0.2, 0.25) is 0 Å². The maximum Gasteiger partial charge on any atom is 0.162 e. The van der Waals surface area contributed by atoms with Crippen LogP contribution in [0.15, 0.2) is 6.20 Å². The van der Waals surface area contributed by atoms with Crippen molar-refractivity contribution in [2.75, 3.05) is 21.2 Å². The maximum atomic E-state index is 10.4. The fraction of sp³-hybridized carbons (Fsp3) is 0.727. The third-order valence-corrected chi connectivity index (χ3v) is 3.25. The summed E-state index contributed by atoms with van der Waals surface area (Å²) in [7, 11) is 7.25. The average Bonchev–Trinajstić information content (AvgIpc) is 2.57. The van der Waals surface area contributed by atoms with E-state index in [1.165, 1.54) is 0 Å². The van der Waals surface area contributed by atoms with Gasteiger partial charge < -0.3 is 14.7 Å². The van der Waals surface area contributed by atoms with Crippen LogP contribution in [0.4, 0.5) is 0 Å². The van der Waals surface area contributed by atoms with E-state index in [4.69, 9.17) is 4.74 Å². The SMILES string of the molecule is COc1cnn(C)c1C(O)C(C)(C)N(C)C. The first kappa shape index (κ1) is 13.0. The minimum atomic E-state index is -0.662. The van der Waals surface area contributed by atoms with Crippen LogP contribution in [0.5, 0.6) is 5.75 Å². The zero-order valence-corrected chi connectivity index (χ0v) is 10.9. The fourth-order valence-electron chi connectivity index (χ4n) is 1.47. The Labute approximate surface area is 96.6 Å². The zero-order valence-electron chi connectivity index (χ0n) is 10.9. The second kappa shape index (κ2) is 4.43.